The molecule has 0 amide bonds. The molecular weight excluding hydrogens is 1160 g/mol. The van der Waals surface area contributed by atoms with Gasteiger partial charge in [0.05, 0.1) is 79.1 Å². The fourth-order valence-corrected chi connectivity index (χ4v) is 10.0. The van der Waals surface area contributed by atoms with Crippen molar-refractivity contribution in [1.82, 2.24) is 30.2 Å². The predicted octanol–water partition coefficient (Wildman–Crippen LogP) is 16.5. The summed E-state index contributed by atoms with van der Waals surface area (Å²) in [5, 5.41) is 52.0. The molecule has 6 heterocycles. The molecule has 6 aromatic heterocycles. The van der Waals surface area contributed by atoms with Crippen molar-refractivity contribution in [3.8, 4) is 52.0 Å². The van der Waals surface area contributed by atoms with Gasteiger partial charge in [-0.15, -0.1) is 0 Å². The van der Waals surface area contributed by atoms with Crippen LogP contribution >= 0.6 is 31.9 Å². The molecule has 0 unspecified atom stereocenters. The molecule has 0 aliphatic carbocycles. The highest BCUT2D eigenvalue weighted by molar-refractivity contribution is 9.10. The number of benzene rings is 6. The maximum Gasteiger partial charge on any atom is 0.299 e. The number of aromatic nitrogens is 6. The number of nitrogens with zero attached hydrogens (tertiary/aromatic N) is 10. The number of carbonyl (C=O) groups is 1. The summed E-state index contributed by atoms with van der Waals surface area (Å²) >= 11 is 6.85. The summed E-state index contributed by atoms with van der Waals surface area (Å²) in [6.07, 6.45) is 8.18. The first-order chi connectivity index (χ1) is 39.3. The Labute approximate surface area is 486 Å². The lowest BCUT2D eigenvalue weighted by molar-refractivity contribution is -0.385. The number of nitro groups is 1. The average Bonchev–Trinajstić information content (AvgIpc) is 4.22. The Hall–Kier alpha value is -9.86. The minimum Gasteiger partial charge on any atom is -0.355 e. The van der Waals surface area contributed by atoms with E-state index in [0.717, 1.165) is 87.7 Å². The minimum absolute atomic E-state index is 0.00130. The van der Waals surface area contributed by atoms with Crippen molar-refractivity contribution in [2.45, 2.75) is 57.8 Å². The summed E-state index contributed by atoms with van der Waals surface area (Å²) in [6, 6.07) is 50.4. The van der Waals surface area contributed by atoms with Crippen LogP contribution in [0.5, 0.6) is 0 Å². The number of hydrogen-bond acceptors (Lipinski definition) is 14. The van der Waals surface area contributed by atoms with E-state index in [-0.39, 0.29) is 11.3 Å². The molecular formula is C65H46Br2N10O5. The lowest BCUT2D eigenvalue weighted by Crippen LogP contribution is -2.14. The summed E-state index contributed by atoms with van der Waals surface area (Å²) in [5.74, 6) is 0.942. The van der Waals surface area contributed by atoms with Gasteiger partial charge in [0.1, 0.15) is 22.8 Å². The lowest BCUT2D eigenvalue weighted by atomic mass is 9.85. The van der Waals surface area contributed by atoms with E-state index in [0.29, 0.717) is 38.0 Å². The predicted molar refractivity (Wildman–Crippen MR) is 322 cm³/mol. The van der Waals surface area contributed by atoms with E-state index in [1.165, 1.54) is 0 Å². The smallest absolute Gasteiger partial charge is 0.299 e. The van der Waals surface area contributed by atoms with Gasteiger partial charge in [-0.1, -0.05) is 127 Å². The number of hydrogen-bond donors (Lipinski definition) is 0. The van der Waals surface area contributed by atoms with Gasteiger partial charge in [-0.25, -0.2) is 4.98 Å². The van der Waals surface area contributed by atoms with Crippen LogP contribution in [0, 0.1) is 44.1 Å². The van der Waals surface area contributed by atoms with Crippen LogP contribution in [-0.2, 0) is 16.2 Å². The Morgan fingerprint density at radius 3 is 1.40 bits per heavy atom. The summed E-state index contributed by atoms with van der Waals surface area (Å²) in [7, 11) is 0. The van der Waals surface area contributed by atoms with Gasteiger partial charge >= 0.3 is 0 Å². The van der Waals surface area contributed by atoms with Gasteiger partial charge in [0.25, 0.3) is 5.69 Å². The van der Waals surface area contributed by atoms with Crippen molar-refractivity contribution in [3.05, 3.63) is 217 Å². The lowest BCUT2D eigenvalue weighted by Gasteiger charge is -2.16. The first-order valence-electron chi connectivity index (χ1n) is 25.6. The minimum atomic E-state index is -0.693. The first kappa shape index (κ1) is 55.5. The molecule has 12 rings (SSSR count). The second-order valence-electron chi connectivity index (χ2n) is 20.9. The van der Waals surface area contributed by atoms with Crippen LogP contribution in [0.3, 0.4) is 0 Å². The van der Waals surface area contributed by atoms with Crippen molar-refractivity contribution in [2.75, 3.05) is 0 Å². The van der Waals surface area contributed by atoms with Crippen LogP contribution in [0.4, 0.5) is 5.69 Å². The number of ketones is 1. The molecule has 17 heteroatoms. The molecule has 82 heavy (non-hydrogen) atoms. The topological polar surface area (TPSA) is 235 Å². The molecule has 0 atom stereocenters. The SMILES string of the molecule is CC(C)(C#N)c1ccc(-c2onc3cnc4ccc(-c5cccnc5)cc4c23)cc1.CC(C)(C#N)c1ccc(-c2onc3cnc4ccc(Br)cc4c23)cc1.CC(C)(C#N)c1ccc(C(=O)c2c([N+](=O)[O-])cnc3ccc(Br)cc23)cc1. The van der Waals surface area contributed by atoms with Gasteiger partial charge in [0.15, 0.2) is 11.5 Å². The Balaban J connectivity index is 0.000000138. The van der Waals surface area contributed by atoms with E-state index in [1.54, 1.807) is 74.9 Å². The van der Waals surface area contributed by atoms with E-state index in [9.17, 15) is 30.7 Å². The zero-order chi connectivity index (χ0) is 58.1. The third kappa shape index (κ3) is 10.9. The van der Waals surface area contributed by atoms with E-state index in [1.807, 2.05) is 125 Å². The molecule has 0 saturated carbocycles. The Bertz CT molecular complexity index is 4600. The van der Waals surface area contributed by atoms with E-state index in [4.69, 9.17) is 9.05 Å². The fraction of sp³-hybridized carbons (Fsp3) is 0.138. The van der Waals surface area contributed by atoms with Crippen molar-refractivity contribution in [2.24, 2.45) is 0 Å². The Kier molecular flexibility index (Phi) is 15.1. The molecule has 0 spiro atoms. The zero-order valence-electron chi connectivity index (χ0n) is 44.9. The third-order valence-electron chi connectivity index (χ3n) is 14.3. The van der Waals surface area contributed by atoms with Crippen molar-refractivity contribution < 1.29 is 18.8 Å². The van der Waals surface area contributed by atoms with Crippen LogP contribution in [0.1, 0.15) is 74.2 Å². The van der Waals surface area contributed by atoms with E-state index < -0.39 is 27.0 Å². The third-order valence-corrected chi connectivity index (χ3v) is 15.2. The number of pyridine rings is 4. The van der Waals surface area contributed by atoms with Gasteiger partial charge in [0, 0.05) is 59.8 Å². The molecule has 0 aliphatic rings. The highest BCUT2D eigenvalue weighted by Crippen LogP contribution is 2.39. The number of carbonyl (C=O) groups excluding carboxylic acids is 1. The molecule has 12 aromatic rings. The second-order valence-corrected chi connectivity index (χ2v) is 22.7. The van der Waals surface area contributed by atoms with Gasteiger partial charge in [0.2, 0.25) is 5.78 Å². The van der Waals surface area contributed by atoms with Gasteiger partial charge < -0.3 is 9.05 Å². The largest absolute Gasteiger partial charge is 0.355 e. The number of fused-ring (bicyclic) bond motifs is 7. The molecule has 400 valence electrons. The molecule has 0 N–H and O–H groups in total. The van der Waals surface area contributed by atoms with Crippen LogP contribution in [0.15, 0.2) is 189 Å². The molecule has 0 bridgehead atoms. The highest BCUT2D eigenvalue weighted by Gasteiger charge is 2.28. The van der Waals surface area contributed by atoms with E-state index >= 15 is 0 Å². The first-order valence-corrected chi connectivity index (χ1v) is 27.1. The molecule has 15 nitrogen and oxygen atoms in total. The summed E-state index contributed by atoms with van der Waals surface area (Å²) in [5.41, 5.74) is 8.53. The fourth-order valence-electron chi connectivity index (χ4n) is 9.32. The van der Waals surface area contributed by atoms with Crippen LogP contribution in [0.25, 0.3) is 88.3 Å². The second kappa shape index (κ2) is 22.3. The van der Waals surface area contributed by atoms with Crippen LogP contribution in [0.2, 0.25) is 0 Å². The Morgan fingerprint density at radius 1 is 0.512 bits per heavy atom. The van der Waals surface area contributed by atoms with Crippen LogP contribution in [-0.4, -0.2) is 41.0 Å². The van der Waals surface area contributed by atoms with Crippen LogP contribution < -0.4 is 0 Å². The monoisotopic (exact) mass is 1200 g/mol. The van der Waals surface area contributed by atoms with Crippen molar-refractivity contribution in [1.29, 1.82) is 15.8 Å². The molecule has 0 saturated heterocycles. The normalized spacial score (nSPS) is 11.5. The average molecular weight is 1210 g/mol. The zero-order valence-corrected chi connectivity index (χ0v) is 48.1. The maximum absolute atomic E-state index is 13.1. The van der Waals surface area contributed by atoms with Crippen molar-refractivity contribution >= 4 is 97.8 Å². The molecule has 0 radical (unpaired) electrons. The van der Waals surface area contributed by atoms with Gasteiger partial charge in [-0.05, 0) is 118 Å². The summed E-state index contributed by atoms with van der Waals surface area (Å²) < 4.78 is 13.0. The van der Waals surface area contributed by atoms with Gasteiger partial charge in [-0.2, -0.15) is 15.8 Å². The number of nitriles is 3. The van der Waals surface area contributed by atoms with Crippen molar-refractivity contribution in [3.63, 3.8) is 0 Å². The quantitative estimate of drug-likeness (QED) is 0.0743. The van der Waals surface area contributed by atoms with Gasteiger partial charge in [-0.3, -0.25) is 29.9 Å². The standard InChI is InChI=1S/C25H18N4O.C20H14BrN3O3.C20H14BrN3O/c1-25(2,15-26)19-8-5-16(6-9-19)24-23-20-12-17(18-4-3-11-27-13-18)7-10-21(20)28-14-22(23)29-30-24;1-20(2,11-22)13-5-3-12(4-6-13)19(25)18-15-9-14(21)7-8-16(15)23-10-17(18)24(26)27;1-20(2,11-22)13-5-3-12(4-6-13)19-18-15-9-14(21)7-8-16(15)23-10-17(18)24-25-19/h3-14H,1-2H3;3-10H,1-2H3;3-10H,1-2H3. The molecule has 0 aliphatic heterocycles. The Morgan fingerprint density at radius 2 is 0.939 bits per heavy atom. The van der Waals surface area contributed by atoms with E-state index in [2.05, 4.69) is 86.4 Å². The number of rotatable bonds is 9. The maximum atomic E-state index is 13.1. The highest BCUT2D eigenvalue weighted by atomic mass is 79.9. The summed E-state index contributed by atoms with van der Waals surface area (Å²) in [4.78, 5) is 41.3. The summed E-state index contributed by atoms with van der Waals surface area (Å²) in [6.45, 7) is 11.2. The molecule has 6 aromatic carbocycles. The molecule has 0 fully saturated rings. The number of halogens is 2.